The molecule has 0 aliphatic heterocycles. The molecular formula is C22H24ClN3O3S. The molecule has 0 spiro atoms. The van der Waals surface area contributed by atoms with Crippen molar-refractivity contribution in [3.05, 3.63) is 47.5 Å². The minimum absolute atomic E-state index is 0.362. The van der Waals surface area contributed by atoms with Crippen molar-refractivity contribution < 1.29 is 14.3 Å². The molecule has 30 heavy (non-hydrogen) atoms. The van der Waals surface area contributed by atoms with Crippen molar-refractivity contribution in [2.45, 2.75) is 31.7 Å². The topological polar surface area (TPSA) is 84.7 Å². The number of nitrogens with one attached hydrogen (secondary N) is 1. The zero-order valence-corrected chi connectivity index (χ0v) is 18.8. The number of halogens is 1. The van der Waals surface area contributed by atoms with Gasteiger partial charge in [-0.15, -0.1) is 6.42 Å². The van der Waals surface area contributed by atoms with Crippen LogP contribution in [0.15, 0.2) is 47.4 Å². The van der Waals surface area contributed by atoms with Crippen LogP contribution in [-0.2, 0) is 9.59 Å². The standard InChI is InChI=1S/C22H24ClN3O3S/c1-6-19(27)26(20(21(24)28)22(2,3)4)14-7-12-18(17(23)13-14)25-30-16-10-8-15(29-5)9-11-16/h1,7-13,20,25H,2-5H3,(H2,24,28). The molecule has 1 atom stereocenters. The van der Waals surface area contributed by atoms with Crippen molar-refractivity contribution in [2.24, 2.45) is 11.1 Å². The van der Waals surface area contributed by atoms with E-state index in [1.165, 1.54) is 16.8 Å². The van der Waals surface area contributed by atoms with Gasteiger partial charge in [0.25, 0.3) is 0 Å². The van der Waals surface area contributed by atoms with E-state index >= 15 is 0 Å². The van der Waals surface area contributed by atoms with Crippen LogP contribution in [0.25, 0.3) is 0 Å². The van der Waals surface area contributed by atoms with Gasteiger partial charge < -0.3 is 15.2 Å². The molecule has 0 saturated heterocycles. The van der Waals surface area contributed by atoms with Crippen LogP contribution >= 0.6 is 23.5 Å². The lowest BCUT2D eigenvalue weighted by atomic mass is 9.84. The van der Waals surface area contributed by atoms with E-state index in [4.69, 9.17) is 28.5 Å². The highest BCUT2D eigenvalue weighted by molar-refractivity contribution is 8.00. The van der Waals surface area contributed by atoms with Crippen molar-refractivity contribution in [2.75, 3.05) is 16.7 Å². The molecular weight excluding hydrogens is 422 g/mol. The number of carbonyl (C=O) groups is 2. The number of carbonyl (C=O) groups excluding carboxylic acids is 2. The number of nitrogens with two attached hydrogens (primary N) is 1. The number of primary amides is 1. The number of terminal acetylenes is 1. The number of methoxy groups -OCH3 is 1. The van der Waals surface area contributed by atoms with E-state index in [2.05, 4.69) is 10.6 Å². The molecule has 0 bridgehead atoms. The van der Waals surface area contributed by atoms with Crippen LogP contribution in [0, 0.1) is 17.8 Å². The predicted octanol–water partition coefficient (Wildman–Crippen LogP) is 4.33. The summed E-state index contributed by atoms with van der Waals surface area (Å²) >= 11 is 7.80. The second-order valence-electron chi connectivity index (χ2n) is 7.53. The Morgan fingerprint density at radius 1 is 1.23 bits per heavy atom. The predicted molar refractivity (Wildman–Crippen MR) is 123 cm³/mol. The first-order valence-electron chi connectivity index (χ1n) is 9.04. The van der Waals surface area contributed by atoms with Gasteiger partial charge in [0.2, 0.25) is 5.91 Å². The first kappa shape index (κ1) is 23.5. The Balaban J connectivity index is 2.30. The number of hydrogen-bond donors (Lipinski definition) is 2. The average molecular weight is 446 g/mol. The molecule has 0 aromatic heterocycles. The number of ether oxygens (including phenoxy) is 1. The van der Waals surface area contributed by atoms with Gasteiger partial charge in [0.05, 0.1) is 17.8 Å². The molecule has 2 aromatic rings. The molecule has 1 unspecified atom stereocenters. The first-order valence-corrected chi connectivity index (χ1v) is 10.2. The van der Waals surface area contributed by atoms with E-state index in [9.17, 15) is 9.59 Å². The fourth-order valence-electron chi connectivity index (χ4n) is 2.89. The van der Waals surface area contributed by atoms with Gasteiger partial charge in [-0.05, 0) is 65.7 Å². The van der Waals surface area contributed by atoms with Crippen molar-refractivity contribution in [1.29, 1.82) is 0 Å². The molecule has 2 amide bonds. The summed E-state index contributed by atoms with van der Waals surface area (Å²) in [6, 6.07) is 11.5. The number of nitrogens with zero attached hydrogens (tertiary/aromatic N) is 1. The summed E-state index contributed by atoms with van der Waals surface area (Å²) in [4.78, 5) is 26.8. The highest BCUT2D eigenvalue weighted by atomic mass is 35.5. The van der Waals surface area contributed by atoms with Crippen molar-refractivity contribution >= 4 is 46.7 Å². The lowest BCUT2D eigenvalue weighted by Gasteiger charge is -2.37. The average Bonchev–Trinajstić information content (AvgIpc) is 2.69. The molecule has 0 saturated carbocycles. The van der Waals surface area contributed by atoms with E-state index in [0.717, 1.165) is 10.6 Å². The van der Waals surface area contributed by atoms with Gasteiger partial charge in [-0.1, -0.05) is 32.4 Å². The molecule has 2 rings (SSSR count). The van der Waals surface area contributed by atoms with E-state index in [0.29, 0.717) is 16.4 Å². The van der Waals surface area contributed by atoms with Crippen molar-refractivity contribution in [3.63, 3.8) is 0 Å². The Morgan fingerprint density at radius 2 is 1.87 bits per heavy atom. The highest BCUT2D eigenvalue weighted by Crippen LogP contribution is 2.35. The molecule has 8 heteroatoms. The normalized spacial score (nSPS) is 11.9. The summed E-state index contributed by atoms with van der Waals surface area (Å²) in [7, 11) is 1.61. The first-order chi connectivity index (χ1) is 14.1. The molecule has 0 fully saturated rings. The SMILES string of the molecule is C#CC(=O)N(c1ccc(NSc2ccc(OC)cc2)c(Cl)c1)C(C(N)=O)C(C)(C)C. The van der Waals surface area contributed by atoms with Crippen LogP contribution in [0.1, 0.15) is 20.8 Å². The van der Waals surface area contributed by atoms with Crippen LogP contribution in [-0.4, -0.2) is 25.0 Å². The summed E-state index contributed by atoms with van der Waals surface area (Å²) in [5, 5.41) is 0.362. The lowest BCUT2D eigenvalue weighted by Crippen LogP contribution is -2.54. The molecule has 158 valence electrons. The second kappa shape index (κ2) is 9.79. The van der Waals surface area contributed by atoms with Crippen LogP contribution in [0.5, 0.6) is 5.75 Å². The smallest absolute Gasteiger partial charge is 0.303 e. The van der Waals surface area contributed by atoms with E-state index in [1.807, 2.05) is 45.0 Å². The number of amides is 2. The third-order valence-corrected chi connectivity index (χ3v) is 5.40. The highest BCUT2D eigenvalue weighted by Gasteiger charge is 2.38. The maximum Gasteiger partial charge on any atom is 0.303 e. The van der Waals surface area contributed by atoms with Gasteiger partial charge in [-0.25, -0.2) is 0 Å². The van der Waals surface area contributed by atoms with Gasteiger partial charge in [0, 0.05) is 10.6 Å². The monoisotopic (exact) mass is 445 g/mol. The molecule has 3 N–H and O–H groups in total. The maximum atomic E-state index is 12.5. The van der Waals surface area contributed by atoms with Gasteiger partial charge in [0.15, 0.2) is 0 Å². The largest absolute Gasteiger partial charge is 0.497 e. The van der Waals surface area contributed by atoms with Crippen molar-refractivity contribution in [3.8, 4) is 18.1 Å². The summed E-state index contributed by atoms with van der Waals surface area (Å²) in [6.07, 6.45) is 5.34. The molecule has 0 aliphatic carbocycles. The molecule has 2 aromatic carbocycles. The molecule has 0 radical (unpaired) electrons. The summed E-state index contributed by atoms with van der Waals surface area (Å²) in [5.74, 6) is 1.51. The summed E-state index contributed by atoms with van der Waals surface area (Å²) in [5.41, 5.74) is 5.99. The van der Waals surface area contributed by atoms with E-state index in [-0.39, 0.29) is 0 Å². The minimum Gasteiger partial charge on any atom is -0.497 e. The number of benzene rings is 2. The van der Waals surface area contributed by atoms with Crippen LogP contribution in [0.2, 0.25) is 5.02 Å². The zero-order valence-electron chi connectivity index (χ0n) is 17.2. The number of anilines is 2. The fourth-order valence-corrected chi connectivity index (χ4v) is 3.84. The summed E-state index contributed by atoms with van der Waals surface area (Å²) in [6.45, 7) is 5.42. The second-order valence-corrected chi connectivity index (χ2v) is 8.82. The number of hydrogen-bond acceptors (Lipinski definition) is 5. The number of rotatable bonds is 7. The lowest BCUT2D eigenvalue weighted by molar-refractivity contribution is -0.124. The van der Waals surface area contributed by atoms with Gasteiger partial charge in [-0.2, -0.15) is 0 Å². The maximum absolute atomic E-state index is 12.5. The molecule has 0 heterocycles. The van der Waals surface area contributed by atoms with Crippen LogP contribution in [0.4, 0.5) is 11.4 Å². The fraction of sp³-hybridized carbons (Fsp3) is 0.273. The summed E-state index contributed by atoms with van der Waals surface area (Å²) < 4.78 is 8.31. The van der Waals surface area contributed by atoms with Crippen molar-refractivity contribution in [1.82, 2.24) is 0 Å². The third-order valence-electron chi connectivity index (χ3n) is 4.26. The van der Waals surface area contributed by atoms with E-state index < -0.39 is 23.3 Å². The van der Waals surface area contributed by atoms with Crippen LogP contribution in [0.3, 0.4) is 0 Å². The van der Waals surface area contributed by atoms with E-state index in [1.54, 1.807) is 25.3 Å². The Bertz CT molecular complexity index is 965. The van der Waals surface area contributed by atoms with Crippen LogP contribution < -0.4 is 20.1 Å². The van der Waals surface area contributed by atoms with Gasteiger partial charge in [0.1, 0.15) is 11.8 Å². The quantitative estimate of drug-likeness (QED) is 0.489. The Morgan fingerprint density at radius 3 is 2.33 bits per heavy atom. The minimum atomic E-state index is -0.940. The Hall–Kier alpha value is -2.82. The van der Waals surface area contributed by atoms with Gasteiger partial charge >= 0.3 is 5.91 Å². The van der Waals surface area contributed by atoms with Gasteiger partial charge in [-0.3, -0.25) is 14.5 Å². The molecule has 0 aliphatic rings. The molecule has 6 nitrogen and oxygen atoms in total. The Labute approximate surface area is 186 Å². The zero-order chi connectivity index (χ0) is 22.5. The third kappa shape index (κ3) is 5.62. The Kier molecular flexibility index (Phi) is 7.65.